The molecular formula is C14H14Br2N2. The number of aromatic nitrogens is 1. The molecule has 4 heteroatoms. The summed E-state index contributed by atoms with van der Waals surface area (Å²) in [4.78, 5) is 4.37. The molecule has 0 aliphatic rings. The average molecular weight is 370 g/mol. The smallest absolute Gasteiger partial charge is 0.144 e. The van der Waals surface area contributed by atoms with Crippen molar-refractivity contribution < 1.29 is 0 Å². The first-order chi connectivity index (χ1) is 8.49. The van der Waals surface area contributed by atoms with E-state index < -0.39 is 0 Å². The molecule has 0 bridgehead atoms. The van der Waals surface area contributed by atoms with Crippen molar-refractivity contribution >= 4 is 43.4 Å². The Bertz CT molecular complexity index is 571. The lowest BCUT2D eigenvalue weighted by atomic mass is 10.1. The number of nitrogens with zero attached hydrogens (tertiary/aromatic N) is 1. The minimum absolute atomic E-state index is 0.850. The van der Waals surface area contributed by atoms with E-state index in [1.807, 2.05) is 12.3 Å². The fourth-order valence-corrected chi connectivity index (χ4v) is 2.87. The van der Waals surface area contributed by atoms with Crippen molar-refractivity contribution in [3.05, 3.63) is 50.0 Å². The molecule has 0 fully saturated rings. The first-order valence-electron chi connectivity index (χ1n) is 5.64. The third kappa shape index (κ3) is 2.75. The molecule has 0 unspecified atom stereocenters. The molecule has 2 rings (SSSR count). The highest BCUT2D eigenvalue weighted by Crippen LogP contribution is 2.31. The number of pyridine rings is 1. The van der Waals surface area contributed by atoms with Gasteiger partial charge in [0.1, 0.15) is 5.82 Å². The molecule has 94 valence electrons. The Morgan fingerprint density at radius 2 is 1.61 bits per heavy atom. The summed E-state index contributed by atoms with van der Waals surface area (Å²) in [6.45, 7) is 6.23. The highest BCUT2D eigenvalue weighted by molar-refractivity contribution is 9.11. The summed E-state index contributed by atoms with van der Waals surface area (Å²) in [7, 11) is 0. The Kier molecular flexibility index (Phi) is 4.07. The zero-order chi connectivity index (χ0) is 13.3. The van der Waals surface area contributed by atoms with Crippen LogP contribution in [0.3, 0.4) is 0 Å². The van der Waals surface area contributed by atoms with Crippen molar-refractivity contribution in [3.8, 4) is 0 Å². The van der Waals surface area contributed by atoms with E-state index in [2.05, 4.69) is 75.1 Å². The molecule has 2 aromatic rings. The van der Waals surface area contributed by atoms with Crippen LogP contribution in [0.2, 0.25) is 0 Å². The predicted octanol–water partition coefficient (Wildman–Crippen LogP) is 5.28. The van der Waals surface area contributed by atoms with Gasteiger partial charge in [0, 0.05) is 16.4 Å². The van der Waals surface area contributed by atoms with Crippen molar-refractivity contribution in [3.63, 3.8) is 0 Å². The van der Waals surface area contributed by atoms with Crippen LogP contribution in [0.4, 0.5) is 11.5 Å². The molecule has 18 heavy (non-hydrogen) atoms. The van der Waals surface area contributed by atoms with E-state index in [4.69, 9.17) is 0 Å². The zero-order valence-corrected chi connectivity index (χ0v) is 13.7. The third-order valence-electron chi connectivity index (χ3n) is 2.82. The Morgan fingerprint density at radius 3 is 2.22 bits per heavy atom. The second-order valence-electron chi connectivity index (χ2n) is 4.33. The summed E-state index contributed by atoms with van der Waals surface area (Å²) in [6, 6.07) is 6.18. The number of halogens is 2. The van der Waals surface area contributed by atoms with Gasteiger partial charge in [-0.15, -0.1) is 0 Å². The van der Waals surface area contributed by atoms with Crippen LogP contribution < -0.4 is 5.32 Å². The highest BCUT2D eigenvalue weighted by atomic mass is 79.9. The van der Waals surface area contributed by atoms with Crippen molar-refractivity contribution in [2.45, 2.75) is 20.8 Å². The minimum atomic E-state index is 0.850. The quantitative estimate of drug-likeness (QED) is 0.779. The molecule has 2 nitrogen and oxygen atoms in total. The fourth-order valence-electron chi connectivity index (χ4n) is 1.85. The van der Waals surface area contributed by atoms with Crippen LogP contribution >= 0.6 is 31.9 Å². The monoisotopic (exact) mass is 368 g/mol. The number of benzene rings is 1. The molecule has 0 aliphatic heterocycles. The topological polar surface area (TPSA) is 24.9 Å². The molecule has 0 spiro atoms. The van der Waals surface area contributed by atoms with E-state index >= 15 is 0 Å². The molecule has 0 saturated heterocycles. The van der Waals surface area contributed by atoms with Gasteiger partial charge in [-0.25, -0.2) is 4.98 Å². The maximum atomic E-state index is 4.37. The fraction of sp³-hybridized carbons (Fsp3) is 0.214. The summed E-state index contributed by atoms with van der Waals surface area (Å²) < 4.78 is 2.10. The highest BCUT2D eigenvalue weighted by Gasteiger charge is 2.08. The summed E-state index contributed by atoms with van der Waals surface area (Å²) in [6.07, 6.45) is 1.81. The van der Waals surface area contributed by atoms with Gasteiger partial charge >= 0.3 is 0 Å². The minimum Gasteiger partial charge on any atom is -0.339 e. The van der Waals surface area contributed by atoms with Crippen LogP contribution in [0.5, 0.6) is 0 Å². The van der Waals surface area contributed by atoms with Gasteiger partial charge in [-0.05, 0) is 71.6 Å². The summed E-state index contributed by atoms with van der Waals surface area (Å²) in [5, 5.41) is 3.40. The van der Waals surface area contributed by atoms with Crippen molar-refractivity contribution in [2.24, 2.45) is 0 Å². The van der Waals surface area contributed by atoms with Crippen LogP contribution in [0.15, 0.2) is 33.3 Å². The van der Waals surface area contributed by atoms with Crippen LogP contribution in [0.25, 0.3) is 0 Å². The van der Waals surface area contributed by atoms with Crippen LogP contribution in [-0.4, -0.2) is 4.98 Å². The second kappa shape index (κ2) is 5.41. The molecule has 0 radical (unpaired) electrons. The van der Waals surface area contributed by atoms with E-state index in [1.54, 1.807) is 0 Å². The average Bonchev–Trinajstić information content (AvgIpc) is 2.28. The molecule has 1 heterocycles. The van der Waals surface area contributed by atoms with Crippen molar-refractivity contribution in [2.75, 3.05) is 5.32 Å². The largest absolute Gasteiger partial charge is 0.339 e. The molecule has 1 aromatic heterocycles. The number of anilines is 2. The molecule has 0 atom stereocenters. The van der Waals surface area contributed by atoms with Crippen molar-refractivity contribution in [1.29, 1.82) is 0 Å². The second-order valence-corrected chi connectivity index (χ2v) is 6.04. The van der Waals surface area contributed by atoms with E-state index in [0.717, 1.165) is 20.5 Å². The summed E-state index contributed by atoms with van der Waals surface area (Å²) in [5.41, 5.74) is 4.66. The van der Waals surface area contributed by atoms with E-state index in [0.29, 0.717) is 0 Å². The van der Waals surface area contributed by atoms with E-state index in [1.165, 1.54) is 16.7 Å². The summed E-state index contributed by atoms with van der Waals surface area (Å²) in [5.74, 6) is 0.850. The summed E-state index contributed by atoms with van der Waals surface area (Å²) >= 11 is 7.07. The van der Waals surface area contributed by atoms with Gasteiger partial charge in [0.15, 0.2) is 0 Å². The SMILES string of the molecule is Cc1ccnc(Nc2c(C)cc(Br)cc2C)c1Br. The van der Waals surface area contributed by atoms with E-state index in [9.17, 15) is 0 Å². The molecule has 0 aliphatic carbocycles. The van der Waals surface area contributed by atoms with Gasteiger partial charge in [-0.1, -0.05) is 15.9 Å². The van der Waals surface area contributed by atoms with Crippen molar-refractivity contribution in [1.82, 2.24) is 4.98 Å². The van der Waals surface area contributed by atoms with Gasteiger partial charge in [-0.3, -0.25) is 0 Å². The molecule has 1 aromatic carbocycles. The van der Waals surface area contributed by atoms with Gasteiger partial charge in [-0.2, -0.15) is 0 Å². The Labute approximate surface area is 124 Å². The Morgan fingerprint density at radius 1 is 1.00 bits per heavy atom. The maximum absolute atomic E-state index is 4.37. The number of rotatable bonds is 2. The van der Waals surface area contributed by atoms with Crippen LogP contribution in [-0.2, 0) is 0 Å². The lowest BCUT2D eigenvalue weighted by Crippen LogP contribution is -2.00. The van der Waals surface area contributed by atoms with Gasteiger partial charge < -0.3 is 5.32 Å². The Balaban J connectivity index is 2.43. The van der Waals surface area contributed by atoms with Crippen LogP contribution in [0, 0.1) is 20.8 Å². The predicted molar refractivity (Wildman–Crippen MR) is 83.6 cm³/mol. The molecule has 1 N–H and O–H groups in total. The van der Waals surface area contributed by atoms with E-state index in [-0.39, 0.29) is 0 Å². The Hall–Kier alpha value is -0.870. The molecule has 0 saturated carbocycles. The van der Waals surface area contributed by atoms with Gasteiger partial charge in [0.2, 0.25) is 0 Å². The normalized spacial score (nSPS) is 10.5. The number of hydrogen-bond donors (Lipinski definition) is 1. The zero-order valence-electron chi connectivity index (χ0n) is 10.5. The molecular weight excluding hydrogens is 356 g/mol. The number of aryl methyl sites for hydroxylation is 3. The maximum Gasteiger partial charge on any atom is 0.144 e. The lowest BCUT2D eigenvalue weighted by molar-refractivity contribution is 1.23. The lowest BCUT2D eigenvalue weighted by Gasteiger charge is -2.14. The first-order valence-corrected chi connectivity index (χ1v) is 7.22. The number of hydrogen-bond acceptors (Lipinski definition) is 2. The third-order valence-corrected chi connectivity index (χ3v) is 4.28. The first kappa shape index (κ1) is 13.6. The van der Waals surface area contributed by atoms with Gasteiger partial charge in [0.25, 0.3) is 0 Å². The van der Waals surface area contributed by atoms with Gasteiger partial charge in [0.05, 0.1) is 4.47 Å². The molecule has 0 amide bonds. The number of nitrogens with one attached hydrogen (secondary N) is 1. The standard InChI is InChI=1S/C14H14Br2N2/c1-8-4-5-17-14(12(8)16)18-13-9(2)6-11(15)7-10(13)3/h4-7H,1-3H3,(H,17,18). The van der Waals surface area contributed by atoms with Crippen LogP contribution in [0.1, 0.15) is 16.7 Å².